The predicted molar refractivity (Wildman–Crippen MR) is 138 cm³/mol. The quantitative estimate of drug-likeness (QED) is 0.341. The number of aromatic nitrogens is 2. The number of rotatable bonds is 7. The summed E-state index contributed by atoms with van der Waals surface area (Å²) in [5.41, 5.74) is 3.11. The molecule has 180 valence electrons. The molecule has 0 bridgehead atoms. The molecule has 4 rings (SSSR count). The Bertz CT molecular complexity index is 1570. The first-order chi connectivity index (χ1) is 16.7. The second-order valence-electron chi connectivity index (χ2n) is 7.83. The smallest absolute Gasteiger partial charge is 0.280 e. The number of benzene rings is 3. The van der Waals surface area contributed by atoms with Gasteiger partial charge in [-0.2, -0.15) is 0 Å². The predicted octanol–water partition coefficient (Wildman–Crippen LogP) is 5.00. The first-order valence-electron chi connectivity index (χ1n) is 10.6. The van der Waals surface area contributed by atoms with E-state index in [9.17, 15) is 13.2 Å². The molecule has 1 heterocycles. The third-order valence-corrected chi connectivity index (χ3v) is 6.90. The van der Waals surface area contributed by atoms with Crippen LogP contribution in [0.4, 0.5) is 11.4 Å². The lowest BCUT2D eigenvalue weighted by atomic mass is 10.2. The molecule has 4 aromatic rings. The molecule has 0 fully saturated rings. The van der Waals surface area contributed by atoms with Crippen molar-refractivity contribution in [2.45, 2.75) is 18.7 Å². The number of aromatic amines is 1. The molecule has 0 unspecified atom stereocenters. The van der Waals surface area contributed by atoms with E-state index in [2.05, 4.69) is 14.8 Å². The number of H-pyrrole nitrogens is 1. The minimum Gasteiger partial charge on any atom is -0.494 e. The van der Waals surface area contributed by atoms with Crippen LogP contribution in [0.5, 0.6) is 5.75 Å². The maximum atomic E-state index is 12.9. The lowest BCUT2D eigenvalue weighted by molar-refractivity contribution is 0.415. The highest BCUT2D eigenvalue weighted by atomic mass is 35.5. The van der Waals surface area contributed by atoms with E-state index in [0.717, 1.165) is 5.56 Å². The maximum Gasteiger partial charge on any atom is 0.280 e. The Labute approximate surface area is 207 Å². The van der Waals surface area contributed by atoms with Gasteiger partial charge >= 0.3 is 0 Å². The number of hydrogen-bond acceptors (Lipinski definition) is 5. The van der Waals surface area contributed by atoms with E-state index < -0.39 is 10.0 Å². The summed E-state index contributed by atoms with van der Waals surface area (Å²) in [7, 11) is -2.42. The monoisotopic (exact) mass is 510 g/mol. The average molecular weight is 511 g/mol. The van der Waals surface area contributed by atoms with Gasteiger partial charge in [-0.05, 0) is 56.3 Å². The van der Waals surface area contributed by atoms with E-state index in [-0.39, 0.29) is 16.2 Å². The van der Waals surface area contributed by atoms with Gasteiger partial charge in [0.05, 0.1) is 23.3 Å². The zero-order valence-corrected chi connectivity index (χ0v) is 20.8. The molecule has 2 N–H and O–H groups in total. The lowest BCUT2D eigenvalue weighted by Gasteiger charge is -2.11. The van der Waals surface area contributed by atoms with Gasteiger partial charge in [0.2, 0.25) is 0 Å². The fourth-order valence-corrected chi connectivity index (χ4v) is 4.67. The second kappa shape index (κ2) is 9.81. The summed E-state index contributed by atoms with van der Waals surface area (Å²) in [4.78, 5) is 17.3. The van der Waals surface area contributed by atoms with Crippen molar-refractivity contribution in [3.8, 4) is 11.4 Å². The summed E-state index contributed by atoms with van der Waals surface area (Å²) in [5, 5.41) is 3.52. The highest BCUT2D eigenvalue weighted by Gasteiger charge is 2.17. The molecule has 1 aromatic heterocycles. The number of nitrogens with one attached hydrogen (secondary N) is 2. The highest BCUT2D eigenvalue weighted by Crippen LogP contribution is 2.31. The number of nitrogens with zero attached hydrogens (tertiary/aromatic N) is 2. The van der Waals surface area contributed by atoms with E-state index in [0.29, 0.717) is 33.3 Å². The molecule has 8 nitrogen and oxygen atoms in total. The number of methoxy groups -OCH3 is 1. The molecular weight excluding hydrogens is 488 g/mol. The SMILES string of the molecule is COc1cc(S(=O)(=O)Nc2ccc(C)cc2)ccc1N=Cc1c(C)[nH]n(-c2cccc(Cl)c2)c1=O. The van der Waals surface area contributed by atoms with Crippen LogP contribution in [0.1, 0.15) is 16.8 Å². The number of anilines is 1. The van der Waals surface area contributed by atoms with E-state index in [1.165, 1.54) is 36.2 Å². The normalized spacial score (nSPS) is 11.7. The maximum absolute atomic E-state index is 12.9. The van der Waals surface area contributed by atoms with Crippen molar-refractivity contribution in [3.63, 3.8) is 0 Å². The Morgan fingerprint density at radius 3 is 2.49 bits per heavy atom. The van der Waals surface area contributed by atoms with E-state index in [1.807, 2.05) is 19.1 Å². The van der Waals surface area contributed by atoms with Gasteiger partial charge in [0, 0.05) is 28.7 Å². The molecule has 3 aromatic carbocycles. The average Bonchev–Trinajstić information content (AvgIpc) is 3.12. The van der Waals surface area contributed by atoms with Gasteiger partial charge in [-0.25, -0.2) is 13.1 Å². The Kier molecular flexibility index (Phi) is 6.81. The van der Waals surface area contributed by atoms with Crippen LogP contribution in [0, 0.1) is 13.8 Å². The Hall–Kier alpha value is -3.82. The molecule has 0 saturated heterocycles. The molecule has 0 aliphatic rings. The minimum atomic E-state index is -3.84. The Morgan fingerprint density at radius 2 is 1.80 bits per heavy atom. The van der Waals surface area contributed by atoms with Crippen LogP contribution in [0.25, 0.3) is 5.69 Å². The van der Waals surface area contributed by atoms with Crippen LogP contribution in [0.15, 0.2) is 81.4 Å². The first-order valence-corrected chi connectivity index (χ1v) is 12.4. The Balaban J connectivity index is 1.63. The number of halogens is 1. The van der Waals surface area contributed by atoms with E-state index >= 15 is 0 Å². The Morgan fingerprint density at radius 1 is 1.06 bits per heavy atom. The number of aliphatic imine (C=N–C) groups is 1. The van der Waals surface area contributed by atoms with Crippen LogP contribution >= 0.6 is 11.6 Å². The van der Waals surface area contributed by atoms with E-state index in [4.69, 9.17) is 16.3 Å². The number of hydrogen-bond donors (Lipinski definition) is 2. The van der Waals surface area contributed by atoms with Crippen molar-refractivity contribution in [1.82, 2.24) is 9.78 Å². The van der Waals surface area contributed by atoms with Crippen molar-refractivity contribution in [3.05, 3.63) is 98.9 Å². The van der Waals surface area contributed by atoms with Gasteiger partial charge in [-0.15, -0.1) is 0 Å². The fraction of sp³-hybridized carbons (Fsp3) is 0.120. The third-order valence-electron chi connectivity index (χ3n) is 5.28. The molecule has 0 saturated carbocycles. The summed E-state index contributed by atoms with van der Waals surface area (Å²) in [6.45, 7) is 3.68. The summed E-state index contributed by atoms with van der Waals surface area (Å²) >= 11 is 6.05. The number of sulfonamides is 1. The second-order valence-corrected chi connectivity index (χ2v) is 9.95. The van der Waals surface area contributed by atoms with Gasteiger partial charge in [0.1, 0.15) is 11.4 Å². The third kappa shape index (κ3) is 5.31. The van der Waals surface area contributed by atoms with Crippen molar-refractivity contribution in [1.29, 1.82) is 0 Å². The van der Waals surface area contributed by atoms with Crippen LogP contribution in [-0.4, -0.2) is 31.5 Å². The van der Waals surface area contributed by atoms with Crippen molar-refractivity contribution < 1.29 is 13.2 Å². The lowest BCUT2D eigenvalue weighted by Crippen LogP contribution is -2.17. The van der Waals surface area contributed by atoms with Gasteiger partial charge < -0.3 is 4.74 Å². The van der Waals surface area contributed by atoms with E-state index in [1.54, 1.807) is 43.3 Å². The topological polar surface area (TPSA) is 106 Å². The van der Waals surface area contributed by atoms with Gasteiger partial charge in [0.15, 0.2) is 0 Å². The van der Waals surface area contributed by atoms with Crippen molar-refractivity contribution in [2.24, 2.45) is 4.99 Å². The standard InChI is InChI=1S/C25H23ClN4O4S/c1-16-7-9-19(10-8-16)29-35(32,33)21-11-12-23(24(14-21)34-3)27-15-22-17(2)28-30(25(22)31)20-6-4-5-18(26)13-20/h4-15,28-29H,1-3H3. The molecule has 0 aliphatic carbocycles. The highest BCUT2D eigenvalue weighted by molar-refractivity contribution is 7.92. The zero-order valence-electron chi connectivity index (χ0n) is 19.2. The molecule has 10 heteroatoms. The van der Waals surface area contributed by atoms with Gasteiger partial charge in [-0.1, -0.05) is 35.4 Å². The first kappa shape index (κ1) is 24.3. The number of aryl methyl sites for hydroxylation is 2. The molecule has 35 heavy (non-hydrogen) atoms. The van der Waals surface area contributed by atoms with Crippen LogP contribution in [0.2, 0.25) is 5.02 Å². The molecular formula is C25H23ClN4O4S. The summed E-state index contributed by atoms with van der Waals surface area (Å²) in [6, 6.07) is 18.3. The summed E-state index contributed by atoms with van der Waals surface area (Å²) < 4.78 is 35.0. The summed E-state index contributed by atoms with van der Waals surface area (Å²) in [6.07, 6.45) is 1.42. The van der Waals surface area contributed by atoms with Gasteiger partial charge in [0.25, 0.3) is 15.6 Å². The van der Waals surface area contributed by atoms with Crippen LogP contribution < -0.4 is 15.0 Å². The molecule has 0 atom stereocenters. The van der Waals surface area contributed by atoms with Crippen molar-refractivity contribution >= 4 is 39.2 Å². The van der Waals surface area contributed by atoms with Crippen LogP contribution in [0.3, 0.4) is 0 Å². The molecule has 0 aliphatic heterocycles. The number of ether oxygens (including phenoxy) is 1. The van der Waals surface area contributed by atoms with Gasteiger partial charge in [-0.3, -0.25) is 19.6 Å². The van der Waals surface area contributed by atoms with Crippen LogP contribution in [-0.2, 0) is 10.0 Å². The molecule has 0 spiro atoms. The fourth-order valence-electron chi connectivity index (χ4n) is 3.41. The van der Waals surface area contributed by atoms with Crippen molar-refractivity contribution in [2.75, 3.05) is 11.8 Å². The summed E-state index contributed by atoms with van der Waals surface area (Å²) in [5.74, 6) is 0.247. The largest absolute Gasteiger partial charge is 0.494 e. The minimum absolute atomic E-state index is 0.0232. The zero-order chi connectivity index (χ0) is 25.2. The molecule has 0 amide bonds. The molecule has 0 radical (unpaired) electrons.